The van der Waals surface area contributed by atoms with Crippen LogP contribution in [0.1, 0.15) is 82.3 Å². The molecule has 0 spiro atoms. The summed E-state index contributed by atoms with van der Waals surface area (Å²) in [6.07, 6.45) is 12.2. The van der Waals surface area contributed by atoms with E-state index in [2.05, 4.69) is 30.9 Å². The average Bonchev–Trinajstić information content (AvgIpc) is 2.90. The number of fused-ring (bicyclic) bond motifs is 2. The van der Waals surface area contributed by atoms with Gasteiger partial charge in [0.1, 0.15) is 0 Å². The van der Waals surface area contributed by atoms with Gasteiger partial charge in [-0.3, -0.25) is 0 Å². The molecule has 0 amide bonds. The first-order valence-electron chi connectivity index (χ1n) is 12.1. The Kier molecular flexibility index (Phi) is 6.73. The van der Waals surface area contributed by atoms with Gasteiger partial charge in [-0.15, -0.1) is 0 Å². The van der Waals surface area contributed by atoms with Crippen LogP contribution >= 0.6 is 0 Å². The van der Waals surface area contributed by atoms with Gasteiger partial charge in [0.05, 0.1) is 14.2 Å². The number of hydrogen-bond donors (Lipinski definition) is 0. The third kappa shape index (κ3) is 4.45. The van der Waals surface area contributed by atoms with Crippen molar-refractivity contribution in [3.8, 4) is 11.5 Å². The van der Waals surface area contributed by atoms with E-state index in [4.69, 9.17) is 9.47 Å². The minimum absolute atomic E-state index is 0.663. The van der Waals surface area contributed by atoms with Crippen LogP contribution in [0.5, 0.6) is 11.5 Å². The minimum Gasteiger partial charge on any atom is -0.493 e. The van der Waals surface area contributed by atoms with Crippen molar-refractivity contribution in [3.05, 3.63) is 23.3 Å². The summed E-state index contributed by atoms with van der Waals surface area (Å²) in [5.41, 5.74) is 3.05. The number of benzene rings is 1. The molecule has 5 atom stereocenters. The van der Waals surface area contributed by atoms with Crippen molar-refractivity contribution >= 4 is 0 Å². The maximum atomic E-state index is 5.69. The van der Waals surface area contributed by atoms with Crippen molar-refractivity contribution in [1.82, 2.24) is 4.90 Å². The Morgan fingerprint density at radius 2 is 1.79 bits per heavy atom. The number of aryl methyl sites for hydroxylation is 1. The molecule has 3 heteroatoms. The van der Waals surface area contributed by atoms with Crippen molar-refractivity contribution in [3.63, 3.8) is 0 Å². The van der Waals surface area contributed by atoms with Crippen LogP contribution in [-0.4, -0.2) is 38.3 Å². The van der Waals surface area contributed by atoms with E-state index in [1.807, 2.05) is 0 Å². The highest BCUT2D eigenvalue weighted by molar-refractivity contribution is 5.49. The average molecular weight is 400 g/mol. The first-order chi connectivity index (χ1) is 14.1. The van der Waals surface area contributed by atoms with Gasteiger partial charge in [-0.2, -0.15) is 0 Å². The van der Waals surface area contributed by atoms with Crippen LogP contribution in [0.4, 0.5) is 0 Å². The Balaban J connectivity index is 1.60. The van der Waals surface area contributed by atoms with Gasteiger partial charge in [0.25, 0.3) is 0 Å². The Morgan fingerprint density at radius 3 is 2.55 bits per heavy atom. The SMILES string of the molecule is CCC1CN2CCCCC2CC1CC1CC(C)CCc2cc(OC)c(OC)cc21. The fourth-order valence-corrected chi connectivity index (χ4v) is 6.57. The second-order valence-corrected chi connectivity index (χ2v) is 10.0. The maximum Gasteiger partial charge on any atom is 0.161 e. The number of rotatable bonds is 5. The van der Waals surface area contributed by atoms with Gasteiger partial charge in [0, 0.05) is 12.6 Å². The molecule has 0 radical (unpaired) electrons. The lowest BCUT2D eigenvalue weighted by atomic mass is 9.71. The first-order valence-corrected chi connectivity index (χ1v) is 12.1. The molecule has 2 saturated heterocycles. The minimum atomic E-state index is 0.663. The van der Waals surface area contributed by atoms with E-state index < -0.39 is 0 Å². The lowest BCUT2D eigenvalue weighted by Gasteiger charge is -2.47. The molecule has 2 fully saturated rings. The lowest BCUT2D eigenvalue weighted by Crippen LogP contribution is -2.49. The number of nitrogens with zero attached hydrogens (tertiary/aromatic N) is 1. The molecule has 0 N–H and O–H groups in total. The smallest absolute Gasteiger partial charge is 0.161 e. The molecule has 2 aliphatic heterocycles. The molecular formula is C26H41NO2. The predicted octanol–water partition coefficient (Wildman–Crippen LogP) is 6.05. The third-order valence-corrected chi connectivity index (χ3v) is 8.25. The zero-order chi connectivity index (χ0) is 20.4. The molecule has 2 heterocycles. The molecule has 3 aliphatic rings. The van der Waals surface area contributed by atoms with Crippen LogP contribution in [0.25, 0.3) is 0 Å². The molecule has 4 rings (SSSR count). The maximum absolute atomic E-state index is 5.69. The zero-order valence-electron chi connectivity index (χ0n) is 19.1. The summed E-state index contributed by atoms with van der Waals surface area (Å²) in [6, 6.07) is 5.43. The largest absolute Gasteiger partial charge is 0.493 e. The van der Waals surface area contributed by atoms with Gasteiger partial charge in [-0.25, -0.2) is 0 Å². The van der Waals surface area contributed by atoms with Crippen LogP contribution in [0.3, 0.4) is 0 Å². The molecule has 0 aromatic heterocycles. The van der Waals surface area contributed by atoms with Crippen molar-refractivity contribution < 1.29 is 9.47 Å². The van der Waals surface area contributed by atoms with E-state index in [0.29, 0.717) is 5.92 Å². The monoisotopic (exact) mass is 399 g/mol. The van der Waals surface area contributed by atoms with Crippen molar-refractivity contribution in [1.29, 1.82) is 0 Å². The van der Waals surface area contributed by atoms with Gasteiger partial charge in [-0.1, -0.05) is 26.7 Å². The second-order valence-electron chi connectivity index (χ2n) is 10.0. The van der Waals surface area contributed by atoms with E-state index in [9.17, 15) is 0 Å². The second kappa shape index (κ2) is 9.29. The van der Waals surface area contributed by atoms with Gasteiger partial charge < -0.3 is 14.4 Å². The highest BCUT2D eigenvalue weighted by Gasteiger charge is 2.37. The predicted molar refractivity (Wildman–Crippen MR) is 120 cm³/mol. The quantitative estimate of drug-likeness (QED) is 0.563. The Hall–Kier alpha value is -1.22. The number of piperidine rings is 2. The van der Waals surface area contributed by atoms with Gasteiger partial charge in [0.15, 0.2) is 11.5 Å². The molecule has 0 bridgehead atoms. The van der Waals surface area contributed by atoms with Gasteiger partial charge in [-0.05, 0) is 98.4 Å². The van der Waals surface area contributed by atoms with Crippen LogP contribution in [-0.2, 0) is 6.42 Å². The molecule has 1 aromatic rings. The molecular weight excluding hydrogens is 358 g/mol. The van der Waals surface area contributed by atoms with Crippen LogP contribution in [0, 0.1) is 17.8 Å². The molecule has 0 saturated carbocycles. The molecule has 1 aliphatic carbocycles. The highest BCUT2D eigenvalue weighted by Crippen LogP contribution is 2.46. The molecule has 5 unspecified atom stereocenters. The molecule has 29 heavy (non-hydrogen) atoms. The fraction of sp³-hybridized carbons (Fsp3) is 0.769. The number of ether oxygens (including phenoxy) is 2. The Labute approximate surface area is 178 Å². The van der Waals surface area contributed by atoms with Crippen LogP contribution in [0.15, 0.2) is 12.1 Å². The van der Waals surface area contributed by atoms with E-state index >= 15 is 0 Å². The fourth-order valence-electron chi connectivity index (χ4n) is 6.57. The number of hydrogen-bond acceptors (Lipinski definition) is 3. The Morgan fingerprint density at radius 1 is 1.00 bits per heavy atom. The van der Waals surface area contributed by atoms with Crippen molar-refractivity contribution in [2.24, 2.45) is 17.8 Å². The van der Waals surface area contributed by atoms with Gasteiger partial charge >= 0.3 is 0 Å². The highest BCUT2D eigenvalue weighted by atomic mass is 16.5. The van der Waals surface area contributed by atoms with Crippen LogP contribution < -0.4 is 9.47 Å². The topological polar surface area (TPSA) is 21.7 Å². The van der Waals surface area contributed by atoms with E-state index in [1.54, 1.807) is 19.8 Å². The van der Waals surface area contributed by atoms with E-state index in [1.165, 1.54) is 76.4 Å². The summed E-state index contributed by atoms with van der Waals surface area (Å²) in [4.78, 5) is 2.83. The van der Waals surface area contributed by atoms with Crippen LogP contribution in [0.2, 0.25) is 0 Å². The summed E-state index contributed by atoms with van der Waals surface area (Å²) >= 11 is 0. The summed E-state index contributed by atoms with van der Waals surface area (Å²) in [5, 5.41) is 0. The van der Waals surface area contributed by atoms with Crippen molar-refractivity contribution in [2.45, 2.75) is 83.6 Å². The van der Waals surface area contributed by atoms with Gasteiger partial charge in [0.2, 0.25) is 0 Å². The third-order valence-electron chi connectivity index (χ3n) is 8.25. The lowest BCUT2D eigenvalue weighted by molar-refractivity contribution is 0.0287. The number of methoxy groups -OCH3 is 2. The summed E-state index contributed by atoms with van der Waals surface area (Å²) in [6.45, 7) is 7.55. The summed E-state index contributed by atoms with van der Waals surface area (Å²) < 4.78 is 11.3. The van der Waals surface area contributed by atoms with E-state index in [-0.39, 0.29) is 0 Å². The standard InChI is InChI=1S/C26H41NO2/c1-5-19-17-27-11-7-6-8-23(27)14-21(19)13-22-12-18(2)9-10-20-15-25(28-3)26(29-4)16-24(20)22/h15-16,18-19,21-23H,5-14,17H2,1-4H3. The zero-order valence-corrected chi connectivity index (χ0v) is 19.1. The van der Waals surface area contributed by atoms with Crippen molar-refractivity contribution in [2.75, 3.05) is 27.3 Å². The normalized spacial score (nSPS) is 32.8. The molecule has 3 nitrogen and oxygen atoms in total. The van der Waals surface area contributed by atoms with E-state index in [0.717, 1.165) is 35.3 Å². The molecule has 1 aromatic carbocycles. The Bertz CT molecular complexity index is 688. The summed E-state index contributed by atoms with van der Waals surface area (Å²) in [5.74, 6) is 4.99. The summed E-state index contributed by atoms with van der Waals surface area (Å²) in [7, 11) is 3.52. The first kappa shape index (κ1) is 21.0. The molecule has 162 valence electrons.